The zero-order valence-corrected chi connectivity index (χ0v) is 14.6. The molecule has 0 aromatic heterocycles. The summed E-state index contributed by atoms with van der Waals surface area (Å²) in [5.41, 5.74) is 2.35. The molecule has 1 aliphatic carbocycles. The topological polar surface area (TPSA) is 34.1 Å². The summed E-state index contributed by atoms with van der Waals surface area (Å²) in [5.74, 6) is 0.0121. The first-order valence-electron chi connectivity index (χ1n) is 8.65. The molecule has 2 heteroatoms. The van der Waals surface area contributed by atoms with Crippen LogP contribution in [-0.4, -0.2) is 11.6 Å². The van der Waals surface area contributed by atoms with Crippen LogP contribution in [0.1, 0.15) is 79.1 Å². The molecule has 0 fully saturated rings. The molecule has 1 aliphatic rings. The van der Waals surface area contributed by atoms with E-state index in [0.29, 0.717) is 22.3 Å². The van der Waals surface area contributed by atoms with Crippen molar-refractivity contribution in [2.24, 2.45) is 0 Å². The number of Topliss-reactive ketones (excluding diaryl/α,β-unsaturated/α-hetero) is 2. The van der Waals surface area contributed by atoms with E-state index in [0.717, 1.165) is 12.8 Å². The van der Waals surface area contributed by atoms with Crippen molar-refractivity contribution in [3.8, 4) is 0 Å². The lowest BCUT2D eigenvalue weighted by Gasteiger charge is -2.16. The Labute approximate surface area is 135 Å². The molecule has 0 saturated heterocycles. The first kappa shape index (κ1) is 18.6. The molecule has 0 radical (unpaired) electrons. The fourth-order valence-electron chi connectivity index (χ4n) is 2.74. The van der Waals surface area contributed by atoms with E-state index in [4.69, 9.17) is 0 Å². The van der Waals surface area contributed by atoms with E-state index in [1.54, 1.807) is 20.8 Å². The molecule has 22 heavy (non-hydrogen) atoms. The number of rotatable bonds is 9. The van der Waals surface area contributed by atoms with Gasteiger partial charge in [0.1, 0.15) is 0 Å². The van der Waals surface area contributed by atoms with Gasteiger partial charge in [-0.15, -0.1) is 0 Å². The standard InChI is InChI=1S/C20H30O2/c1-5-6-7-8-9-10-11-12-13-14-18-17(4)19(21)15(2)16(3)20(18)22/h13-14H,5-12H2,1-4H3/b14-13-. The Hall–Kier alpha value is -1.44. The Balaban J connectivity index is 2.40. The summed E-state index contributed by atoms with van der Waals surface area (Å²) < 4.78 is 0. The van der Waals surface area contributed by atoms with Crippen molar-refractivity contribution >= 4 is 11.6 Å². The molecule has 0 amide bonds. The van der Waals surface area contributed by atoms with E-state index in [1.807, 2.05) is 12.2 Å². The quantitative estimate of drug-likeness (QED) is 0.417. The minimum absolute atomic E-state index is 0.00501. The number of hydrogen-bond acceptors (Lipinski definition) is 2. The Morgan fingerprint density at radius 2 is 1.27 bits per heavy atom. The summed E-state index contributed by atoms with van der Waals surface area (Å²) >= 11 is 0. The average molecular weight is 302 g/mol. The summed E-state index contributed by atoms with van der Waals surface area (Å²) in [7, 11) is 0. The van der Waals surface area contributed by atoms with Crippen molar-refractivity contribution in [3.63, 3.8) is 0 Å². The predicted octanol–water partition coefficient (Wildman–Crippen LogP) is 5.49. The Bertz CT molecular complexity index is 504. The highest BCUT2D eigenvalue weighted by molar-refractivity contribution is 6.25. The van der Waals surface area contributed by atoms with Gasteiger partial charge in [-0.3, -0.25) is 9.59 Å². The fraction of sp³-hybridized carbons (Fsp3) is 0.600. The van der Waals surface area contributed by atoms with Gasteiger partial charge in [0.2, 0.25) is 0 Å². The van der Waals surface area contributed by atoms with E-state index < -0.39 is 0 Å². The Kier molecular flexibility index (Phi) is 8.08. The summed E-state index contributed by atoms with van der Waals surface area (Å²) in [4.78, 5) is 24.3. The van der Waals surface area contributed by atoms with Gasteiger partial charge in [0.05, 0.1) is 0 Å². The molecule has 0 unspecified atom stereocenters. The normalized spacial score (nSPS) is 16.4. The van der Waals surface area contributed by atoms with Crippen LogP contribution in [0.3, 0.4) is 0 Å². The van der Waals surface area contributed by atoms with E-state index in [1.165, 1.54) is 38.5 Å². The SMILES string of the molecule is CCCCCCCCC/C=C\C1=C(C)C(=O)C(C)=C(C)C1=O. The van der Waals surface area contributed by atoms with Crippen LogP contribution in [0.2, 0.25) is 0 Å². The maximum atomic E-state index is 12.2. The summed E-state index contributed by atoms with van der Waals surface area (Å²) in [6, 6.07) is 0. The monoisotopic (exact) mass is 302 g/mol. The van der Waals surface area contributed by atoms with Crippen molar-refractivity contribution in [2.45, 2.75) is 79.1 Å². The molecule has 0 aromatic rings. The van der Waals surface area contributed by atoms with Gasteiger partial charge in [0, 0.05) is 22.3 Å². The first-order valence-corrected chi connectivity index (χ1v) is 8.65. The molecule has 1 rings (SSSR count). The highest BCUT2D eigenvalue weighted by Gasteiger charge is 2.25. The second-order valence-corrected chi connectivity index (χ2v) is 6.26. The van der Waals surface area contributed by atoms with Crippen LogP contribution < -0.4 is 0 Å². The van der Waals surface area contributed by atoms with Crippen LogP contribution in [0.15, 0.2) is 34.4 Å². The smallest absolute Gasteiger partial charge is 0.189 e. The average Bonchev–Trinajstić information content (AvgIpc) is 2.52. The summed E-state index contributed by atoms with van der Waals surface area (Å²) in [6.07, 6.45) is 13.9. The first-order chi connectivity index (χ1) is 10.5. The highest BCUT2D eigenvalue weighted by Crippen LogP contribution is 2.25. The number of allylic oxidation sites excluding steroid dienone is 6. The molecule has 0 spiro atoms. The molecule has 0 atom stereocenters. The number of carbonyl (C=O) groups is 2. The lowest BCUT2D eigenvalue weighted by atomic mass is 9.86. The second kappa shape index (κ2) is 9.55. The molecular formula is C20H30O2. The Morgan fingerprint density at radius 1 is 0.727 bits per heavy atom. The number of carbonyl (C=O) groups excluding carboxylic acids is 2. The third-order valence-corrected chi connectivity index (χ3v) is 4.49. The third kappa shape index (κ3) is 5.08. The molecule has 122 valence electrons. The molecule has 0 bridgehead atoms. The van der Waals surface area contributed by atoms with Crippen LogP contribution in [-0.2, 0) is 9.59 Å². The van der Waals surface area contributed by atoms with Crippen molar-refractivity contribution in [2.75, 3.05) is 0 Å². The van der Waals surface area contributed by atoms with Crippen LogP contribution in [0, 0.1) is 0 Å². The van der Waals surface area contributed by atoms with Crippen molar-refractivity contribution in [3.05, 3.63) is 34.4 Å². The van der Waals surface area contributed by atoms with E-state index in [2.05, 4.69) is 6.92 Å². The zero-order valence-electron chi connectivity index (χ0n) is 14.6. The maximum Gasteiger partial charge on any atom is 0.189 e. The van der Waals surface area contributed by atoms with Crippen LogP contribution >= 0.6 is 0 Å². The van der Waals surface area contributed by atoms with Crippen LogP contribution in [0.4, 0.5) is 0 Å². The van der Waals surface area contributed by atoms with Crippen LogP contribution in [0.25, 0.3) is 0 Å². The minimum atomic E-state index is 0.00501. The van der Waals surface area contributed by atoms with Gasteiger partial charge in [0.15, 0.2) is 11.6 Å². The molecule has 2 nitrogen and oxygen atoms in total. The van der Waals surface area contributed by atoms with Crippen molar-refractivity contribution in [1.82, 2.24) is 0 Å². The van der Waals surface area contributed by atoms with Crippen molar-refractivity contribution in [1.29, 1.82) is 0 Å². The Morgan fingerprint density at radius 3 is 1.91 bits per heavy atom. The molecule has 0 N–H and O–H groups in total. The molecule has 0 aromatic carbocycles. The predicted molar refractivity (Wildman–Crippen MR) is 92.8 cm³/mol. The van der Waals surface area contributed by atoms with E-state index in [9.17, 15) is 9.59 Å². The zero-order chi connectivity index (χ0) is 16.5. The van der Waals surface area contributed by atoms with Crippen LogP contribution in [0.5, 0.6) is 0 Å². The van der Waals surface area contributed by atoms with Gasteiger partial charge in [-0.25, -0.2) is 0 Å². The van der Waals surface area contributed by atoms with Gasteiger partial charge >= 0.3 is 0 Å². The number of hydrogen-bond donors (Lipinski definition) is 0. The largest absolute Gasteiger partial charge is 0.289 e. The van der Waals surface area contributed by atoms with Gasteiger partial charge in [-0.1, -0.05) is 57.6 Å². The summed E-state index contributed by atoms with van der Waals surface area (Å²) in [6.45, 7) is 7.46. The van der Waals surface area contributed by atoms with Crippen molar-refractivity contribution < 1.29 is 9.59 Å². The molecular weight excluding hydrogens is 272 g/mol. The highest BCUT2D eigenvalue weighted by atomic mass is 16.1. The second-order valence-electron chi connectivity index (χ2n) is 6.26. The number of unbranched alkanes of at least 4 members (excludes halogenated alkanes) is 7. The molecule has 0 aliphatic heterocycles. The lowest BCUT2D eigenvalue weighted by Crippen LogP contribution is -2.19. The van der Waals surface area contributed by atoms with Gasteiger partial charge in [-0.2, -0.15) is 0 Å². The lowest BCUT2D eigenvalue weighted by molar-refractivity contribution is -0.116. The molecule has 0 saturated carbocycles. The van der Waals surface area contributed by atoms with E-state index >= 15 is 0 Å². The van der Waals surface area contributed by atoms with E-state index in [-0.39, 0.29) is 11.6 Å². The van der Waals surface area contributed by atoms with Gasteiger partial charge in [-0.05, 0) is 33.6 Å². The van der Waals surface area contributed by atoms with Gasteiger partial charge < -0.3 is 0 Å². The summed E-state index contributed by atoms with van der Waals surface area (Å²) in [5, 5.41) is 0. The maximum absolute atomic E-state index is 12.2. The molecule has 0 heterocycles. The minimum Gasteiger partial charge on any atom is -0.289 e. The number of ketones is 2. The van der Waals surface area contributed by atoms with Gasteiger partial charge in [0.25, 0.3) is 0 Å². The third-order valence-electron chi connectivity index (χ3n) is 4.49. The fourth-order valence-corrected chi connectivity index (χ4v) is 2.74.